The molecule has 2 aromatic rings. The Bertz CT molecular complexity index is 556. The van der Waals surface area contributed by atoms with Crippen LogP contribution in [0.1, 0.15) is 24.3 Å². The fraction of sp³-hybridized carbons (Fsp3) is 0.188. The molecule has 2 rings (SSSR count). The van der Waals surface area contributed by atoms with Crippen LogP contribution >= 0.6 is 0 Å². The molecule has 0 spiro atoms. The lowest BCUT2D eigenvalue weighted by atomic mass is 10.0. The van der Waals surface area contributed by atoms with Crippen molar-refractivity contribution in [1.29, 1.82) is 0 Å². The molecule has 0 aliphatic rings. The van der Waals surface area contributed by atoms with E-state index >= 15 is 0 Å². The summed E-state index contributed by atoms with van der Waals surface area (Å²) in [5, 5.41) is 9.25. The topological polar surface area (TPSA) is 63.3 Å². The predicted molar refractivity (Wildman–Crippen MR) is 75.4 cm³/mol. The molecule has 98 valence electrons. The summed E-state index contributed by atoms with van der Waals surface area (Å²) in [5.74, 6) is 0.161. The van der Waals surface area contributed by atoms with Crippen molar-refractivity contribution >= 4 is 5.78 Å². The molecule has 0 aliphatic heterocycles. The number of Topliss-reactive ketones (excluding diaryl/α,β-unsaturated/α-hetero) is 1. The van der Waals surface area contributed by atoms with Gasteiger partial charge in [-0.05, 0) is 29.2 Å². The van der Waals surface area contributed by atoms with Crippen LogP contribution in [0.5, 0.6) is 0 Å². The van der Waals surface area contributed by atoms with Crippen molar-refractivity contribution in [2.45, 2.75) is 19.6 Å². The van der Waals surface area contributed by atoms with E-state index in [1.807, 2.05) is 48.5 Å². The van der Waals surface area contributed by atoms with Crippen LogP contribution in [0.3, 0.4) is 0 Å². The number of ketones is 1. The van der Waals surface area contributed by atoms with E-state index in [1.165, 1.54) is 0 Å². The van der Waals surface area contributed by atoms with Gasteiger partial charge in [-0.25, -0.2) is 0 Å². The Kier molecular flexibility index (Phi) is 4.10. The Hall–Kier alpha value is -1.97. The second-order valence-electron chi connectivity index (χ2n) is 4.64. The number of benzene rings is 2. The summed E-state index contributed by atoms with van der Waals surface area (Å²) in [6.45, 7) is 1.59. The van der Waals surface area contributed by atoms with Crippen molar-refractivity contribution in [3.8, 4) is 11.1 Å². The molecule has 0 fully saturated rings. The fourth-order valence-electron chi connectivity index (χ4n) is 1.98. The number of nitrogens with two attached hydrogens (primary N) is 1. The molecular weight excluding hydrogens is 238 g/mol. The standard InChI is InChI=1S/C16H17NO2/c1-11(18)10-12-2-4-13(5-3-12)14-6-8-15(9-7-14)16(17)19/h2-9,16,19H,10,17H2,1H3. The van der Waals surface area contributed by atoms with Crippen molar-refractivity contribution in [1.82, 2.24) is 0 Å². The summed E-state index contributed by atoms with van der Waals surface area (Å²) in [4.78, 5) is 11.0. The zero-order chi connectivity index (χ0) is 13.8. The molecule has 0 saturated carbocycles. The molecule has 0 saturated heterocycles. The summed E-state index contributed by atoms with van der Waals surface area (Å²) < 4.78 is 0. The van der Waals surface area contributed by atoms with E-state index in [9.17, 15) is 9.90 Å². The maximum Gasteiger partial charge on any atom is 0.134 e. The van der Waals surface area contributed by atoms with Gasteiger partial charge in [0.25, 0.3) is 0 Å². The number of hydrogen-bond donors (Lipinski definition) is 2. The number of rotatable bonds is 4. The quantitative estimate of drug-likeness (QED) is 0.825. The van der Waals surface area contributed by atoms with Crippen molar-refractivity contribution in [2.24, 2.45) is 5.73 Å². The maximum absolute atomic E-state index is 11.0. The van der Waals surface area contributed by atoms with Crippen molar-refractivity contribution in [3.05, 3.63) is 59.7 Å². The first-order valence-electron chi connectivity index (χ1n) is 6.18. The van der Waals surface area contributed by atoms with E-state index < -0.39 is 6.23 Å². The number of carbonyl (C=O) groups excluding carboxylic acids is 1. The minimum absolute atomic E-state index is 0.161. The average molecular weight is 255 g/mol. The molecule has 3 nitrogen and oxygen atoms in total. The van der Waals surface area contributed by atoms with Crippen molar-refractivity contribution < 1.29 is 9.90 Å². The molecule has 0 heterocycles. The van der Waals surface area contributed by atoms with Gasteiger partial charge in [0.05, 0.1) is 0 Å². The highest BCUT2D eigenvalue weighted by Gasteiger charge is 2.03. The monoisotopic (exact) mass is 255 g/mol. The van der Waals surface area contributed by atoms with Crippen LogP contribution in [0.2, 0.25) is 0 Å². The van der Waals surface area contributed by atoms with E-state index in [1.54, 1.807) is 6.92 Å². The van der Waals surface area contributed by atoms with Crippen LogP contribution in [0.25, 0.3) is 11.1 Å². The number of aliphatic hydroxyl groups is 1. The van der Waals surface area contributed by atoms with E-state index in [0.717, 1.165) is 16.7 Å². The lowest BCUT2D eigenvalue weighted by Crippen LogP contribution is -2.07. The van der Waals surface area contributed by atoms with Gasteiger partial charge in [-0.1, -0.05) is 48.5 Å². The van der Waals surface area contributed by atoms with Crippen molar-refractivity contribution in [3.63, 3.8) is 0 Å². The average Bonchev–Trinajstić information content (AvgIpc) is 2.39. The zero-order valence-electron chi connectivity index (χ0n) is 10.8. The zero-order valence-corrected chi connectivity index (χ0v) is 10.8. The largest absolute Gasteiger partial charge is 0.375 e. The highest BCUT2D eigenvalue weighted by atomic mass is 16.3. The molecule has 0 amide bonds. The summed E-state index contributed by atoms with van der Waals surface area (Å²) in [5.41, 5.74) is 9.23. The molecule has 0 bridgehead atoms. The lowest BCUT2D eigenvalue weighted by molar-refractivity contribution is -0.116. The second-order valence-corrected chi connectivity index (χ2v) is 4.64. The maximum atomic E-state index is 11.0. The Morgan fingerprint density at radius 2 is 1.53 bits per heavy atom. The summed E-state index contributed by atoms with van der Waals surface area (Å²) >= 11 is 0. The van der Waals surface area contributed by atoms with E-state index in [4.69, 9.17) is 5.73 Å². The van der Waals surface area contributed by atoms with E-state index in [0.29, 0.717) is 12.0 Å². The van der Waals surface area contributed by atoms with Crippen LogP contribution in [0.15, 0.2) is 48.5 Å². The summed E-state index contributed by atoms with van der Waals surface area (Å²) in [6, 6.07) is 15.4. The predicted octanol–water partition coefficient (Wildman–Crippen LogP) is 2.43. The Morgan fingerprint density at radius 3 is 1.95 bits per heavy atom. The first kappa shape index (κ1) is 13.5. The molecule has 2 aromatic carbocycles. The number of hydrogen-bond acceptors (Lipinski definition) is 3. The van der Waals surface area contributed by atoms with E-state index in [-0.39, 0.29) is 5.78 Å². The molecule has 0 aromatic heterocycles. The second kappa shape index (κ2) is 5.78. The highest BCUT2D eigenvalue weighted by molar-refractivity contribution is 5.78. The first-order valence-corrected chi connectivity index (χ1v) is 6.18. The minimum atomic E-state index is -0.938. The third-order valence-electron chi connectivity index (χ3n) is 2.99. The molecule has 3 heteroatoms. The van der Waals surface area contributed by atoms with Crippen molar-refractivity contribution in [2.75, 3.05) is 0 Å². The smallest absolute Gasteiger partial charge is 0.134 e. The molecule has 0 aliphatic carbocycles. The van der Waals surface area contributed by atoms with Crippen LogP contribution in [0.4, 0.5) is 0 Å². The van der Waals surface area contributed by atoms with Gasteiger partial charge in [0, 0.05) is 6.42 Å². The first-order chi connectivity index (χ1) is 9.06. The van der Waals surface area contributed by atoms with Gasteiger partial charge in [-0.15, -0.1) is 0 Å². The van der Waals surface area contributed by atoms with Crippen LogP contribution in [-0.2, 0) is 11.2 Å². The Morgan fingerprint density at radius 1 is 1.05 bits per heavy atom. The van der Waals surface area contributed by atoms with Gasteiger partial charge in [0.2, 0.25) is 0 Å². The van der Waals surface area contributed by atoms with Crippen LogP contribution in [0, 0.1) is 0 Å². The summed E-state index contributed by atoms with van der Waals surface area (Å²) in [6.07, 6.45) is -0.467. The summed E-state index contributed by atoms with van der Waals surface area (Å²) in [7, 11) is 0. The van der Waals surface area contributed by atoms with Gasteiger partial charge in [-0.2, -0.15) is 0 Å². The number of carbonyl (C=O) groups is 1. The molecule has 1 unspecified atom stereocenters. The minimum Gasteiger partial charge on any atom is -0.375 e. The molecular formula is C16H17NO2. The van der Waals surface area contributed by atoms with Gasteiger partial charge in [0.15, 0.2) is 0 Å². The van der Waals surface area contributed by atoms with Crippen LogP contribution in [-0.4, -0.2) is 10.9 Å². The van der Waals surface area contributed by atoms with Gasteiger partial charge < -0.3 is 10.8 Å². The lowest BCUT2D eigenvalue weighted by Gasteiger charge is -2.07. The Balaban J connectivity index is 2.19. The molecule has 0 radical (unpaired) electrons. The van der Waals surface area contributed by atoms with Crippen LogP contribution < -0.4 is 5.73 Å². The normalized spacial score (nSPS) is 12.2. The molecule has 19 heavy (non-hydrogen) atoms. The Labute approximate surface area is 112 Å². The van der Waals surface area contributed by atoms with E-state index in [2.05, 4.69) is 0 Å². The van der Waals surface area contributed by atoms with Gasteiger partial charge in [-0.3, -0.25) is 4.79 Å². The SMILES string of the molecule is CC(=O)Cc1ccc(-c2ccc(C(N)O)cc2)cc1. The molecule has 3 N–H and O–H groups in total. The third-order valence-corrected chi connectivity index (χ3v) is 2.99. The van der Waals surface area contributed by atoms with Gasteiger partial charge >= 0.3 is 0 Å². The van der Waals surface area contributed by atoms with Gasteiger partial charge in [0.1, 0.15) is 12.0 Å². The highest BCUT2D eigenvalue weighted by Crippen LogP contribution is 2.21. The molecule has 1 atom stereocenters. The fourth-order valence-corrected chi connectivity index (χ4v) is 1.98. The third kappa shape index (κ3) is 3.50. The number of aliphatic hydroxyl groups excluding tert-OH is 1.